The molecule has 2 N–H and O–H groups in total. The molecule has 0 spiro atoms. The van der Waals surface area contributed by atoms with E-state index < -0.39 is 0 Å². The minimum Gasteiger partial charge on any atom is -0.475 e. The lowest BCUT2D eigenvalue weighted by Gasteiger charge is -2.23. The maximum atomic E-state index is 6.13. The molecule has 15 heavy (non-hydrogen) atoms. The molecule has 3 heteroatoms. The van der Waals surface area contributed by atoms with E-state index in [0.29, 0.717) is 0 Å². The zero-order valence-corrected chi connectivity index (χ0v) is 10.4. The summed E-state index contributed by atoms with van der Waals surface area (Å²) in [5.41, 5.74) is 6.86. The van der Waals surface area contributed by atoms with Gasteiger partial charge in [0.1, 0.15) is 5.75 Å². The summed E-state index contributed by atoms with van der Waals surface area (Å²) in [4.78, 5) is 1.01. The van der Waals surface area contributed by atoms with Gasteiger partial charge in [-0.25, -0.2) is 0 Å². The van der Waals surface area contributed by atoms with Crippen molar-refractivity contribution >= 4 is 11.8 Å². The number of hydrogen-bond donors (Lipinski definition) is 1. The zero-order valence-electron chi connectivity index (χ0n) is 9.63. The number of rotatable bonds is 1. The van der Waals surface area contributed by atoms with E-state index in [4.69, 9.17) is 10.5 Å². The second-order valence-electron chi connectivity index (χ2n) is 4.96. The Morgan fingerprint density at radius 3 is 2.60 bits per heavy atom. The van der Waals surface area contributed by atoms with E-state index >= 15 is 0 Å². The zero-order chi connectivity index (χ0) is 11.3. The van der Waals surface area contributed by atoms with Crippen LogP contribution in [-0.2, 0) is 5.54 Å². The van der Waals surface area contributed by atoms with Crippen molar-refractivity contribution in [3.05, 3.63) is 23.8 Å². The number of benzene rings is 1. The molecular formula is C12H17NOS. The van der Waals surface area contributed by atoms with Crippen molar-refractivity contribution < 1.29 is 4.74 Å². The molecule has 0 fully saturated rings. The van der Waals surface area contributed by atoms with E-state index in [1.807, 2.05) is 26.0 Å². The fourth-order valence-corrected chi connectivity index (χ4v) is 2.79. The molecule has 1 aromatic rings. The smallest absolute Gasteiger partial charge is 0.153 e. The molecule has 2 rings (SSSR count). The van der Waals surface area contributed by atoms with Crippen molar-refractivity contribution in [2.45, 2.75) is 43.1 Å². The summed E-state index contributed by atoms with van der Waals surface area (Å²) in [6.07, 6.45) is 0. The number of nitrogens with two attached hydrogens (primary N) is 1. The van der Waals surface area contributed by atoms with Crippen molar-refractivity contribution in [1.29, 1.82) is 0 Å². The molecule has 0 aliphatic carbocycles. The number of para-hydroxylation sites is 1. The summed E-state index contributed by atoms with van der Waals surface area (Å²) in [5.74, 6) is 0.958. The van der Waals surface area contributed by atoms with Crippen LogP contribution in [0.1, 0.15) is 33.3 Å². The number of ether oxygens (including phenoxy) is 1. The van der Waals surface area contributed by atoms with Gasteiger partial charge in [-0.3, -0.25) is 0 Å². The normalized spacial score (nSPS) is 18.5. The summed E-state index contributed by atoms with van der Waals surface area (Å²) in [5, 5.41) is 0. The Hall–Kier alpha value is -0.670. The molecule has 0 radical (unpaired) electrons. The van der Waals surface area contributed by atoms with Crippen molar-refractivity contribution in [1.82, 2.24) is 0 Å². The Balaban J connectivity index is 2.51. The average molecular weight is 223 g/mol. The van der Waals surface area contributed by atoms with Crippen LogP contribution >= 0.6 is 11.8 Å². The van der Waals surface area contributed by atoms with E-state index in [0.717, 1.165) is 11.3 Å². The SMILES string of the molecule is CC1(C)Oc2c(cccc2C(C)(C)N)S1. The van der Waals surface area contributed by atoms with Crippen molar-refractivity contribution in [2.24, 2.45) is 5.73 Å². The topological polar surface area (TPSA) is 35.2 Å². The Kier molecular flexibility index (Phi) is 2.28. The largest absolute Gasteiger partial charge is 0.475 e. The summed E-state index contributed by atoms with van der Waals surface area (Å²) < 4.78 is 5.93. The maximum Gasteiger partial charge on any atom is 0.153 e. The third kappa shape index (κ3) is 1.99. The first kappa shape index (κ1) is 10.8. The van der Waals surface area contributed by atoms with Gasteiger partial charge in [0.2, 0.25) is 0 Å². The van der Waals surface area contributed by atoms with Gasteiger partial charge in [0, 0.05) is 11.1 Å². The molecule has 0 atom stereocenters. The maximum absolute atomic E-state index is 6.13. The van der Waals surface area contributed by atoms with Crippen LogP contribution < -0.4 is 10.5 Å². The highest BCUT2D eigenvalue weighted by Crippen LogP contribution is 2.50. The average Bonchev–Trinajstić information content (AvgIpc) is 2.35. The van der Waals surface area contributed by atoms with Gasteiger partial charge in [-0.05, 0) is 33.8 Å². The Morgan fingerprint density at radius 1 is 1.33 bits per heavy atom. The predicted octanol–water partition coefficient (Wildman–Crippen LogP) is 3.10. The highest BCUT2D eigenvalue weighted by molar-refractivity contribution is 8.00. The van der Waals surface area contributed by atoms with E-state index in [1.165, 1.54) is 4.90 Å². The summed E-state index contributed by atoms with van der Waals surface area (Å²) >= 11 is 1.75. The fraction of sp³-hybridized carbons (Fsp3) is 0.500. The monoisotopic (exact) mass is 223 g/mol. The first-order valence-corrected chi connectivity index (χ1v) is 5.92. The molecule has 1 aliphatic heterocycles. The van der Waals surface area contributed by atoms with Gasteiger partial charge in [-0.15, -0.1) is 0 Å². The Morgan fingerprint density at radius 2 is 2.00 bits per heavy atom. The lowest BCUT2D eigenvalue weighted by atomic mass is 9.95. The third-order valence-corrected chi connectivity index (χ3v) is 3.49. The Bertz CT molecular complexity index is 393. The van der Waals surface area contributed by atoms with E-state index in [9.17, 15) is 0 Å². The summed E-state index contributed by atoms with van der Waals surface area (Å²) in [6.45, 7) is 8.15. The van der Waals surface area contributed by atoms with E-state index in [2.05, 4.69) is 19.9 Å². The van der Waals surface area contributed by atoms with Crippen LogP contribution in [0.25, 0.3) is 0 Å². The molecular weight excluding hydrogens is 206 g/mol. The summed E-state index contributed by atoms with van der Waals surface area (Å²) in [6, 6.07) is 6.17. The van der Waals surface area contributed by atoms with Gasteiger partial charge in [0.05, 0.1) is 4.90 Å². The molecule has 1 aromatic carbocycles. The van der Waals surface area contributed by atoms with Gasteiger partial charge >= 0.3 is 0 Å². The number of thioether (sulfide) groups is 1. The molecule has 1 heterocycles. The minimum absolute atomic E-state index is 0.177. The first-order chi connectivity index (χ1) is 6.80. The highest BCUT2D eigenvalue weighted by Gasteiger charge is 2.35. The second-order valence-corrected chi connectivity index (χ2v) is 6.59. The number of fused-ring (bicyclic) bond motifs is 1. The lowest BCUT2D eigenvalue weighted by molar-refractivity contribution is 0.209. The van der Waals surface area contributed by atoms with E-state index in [1.54, 1.807) is 11.8 Å². The van der Waals surface area contributed by atoms with Crippen LogP contribution in [0.4, 0.5) is 0 Å². The lowest BCUT2D eigenvalue weighted by Crippen LogP contribution is -2.30. The molecule has 1 aliphatic rings. The van der Waals surface area contributed by atoms with Gasteiger partial charge in [0.25, 0.3) is 0 Å². The molecule has 0 aromatic heterocycles. The molecule has 0 saturated carbocycles. The molecule has 0 saturated heterocycles. The van der Waals surface area contributed by atoms with Crippen LogP contribution in [0, 0.1) is 0 Å². The first-order valence-electron chi connectivity index (χ1n) is 5.10. The predicted molar refractivity (Wildman–Crippen MR) is 64.2 cm³/mol. The minimum atomic E-state index is -0.355. The van der Waals surface area contributed by atoms with E-state index in [-0.39, 0.29) is 10.5 Å². The molecule has 0 amide bonds. The van der Waals surface area contributed by atoms with Gasteiger partial charge < -0.3 is 10.5 Å². The highest BCUT2D eigenvalue weighted by atomic mass is 32.2. The quantitative estimate of drug-likeness (QED) is 0.794. The van der Waals surface area contributed by atoms with Crippen LogP contribution in [0.2, 0.25) is 0 Å². The summed E-state index contributed by atoms with van der Waals surface area (Å²) in [7, 11) is 0. The standard InChI is InChI=1S/C12H17NOS/c1-11(2,13)8-6-5-7-9-10(8)14-12(3,4)15-9/h5-7H,13H2,1-4H3. The molecule has 0 bridgehead atoms. The van der Waals surface area contributed by atoms with Gasteiger partial charge in [-0.2, -0.15) is 0 Å². The number of hydrogen-bond acceptors (Lipinski definition) is 3. The molecule has 0 unspecified atom stereocenters. The fourth-order valence-electron chi connectivity index (χ4n) is 1.74. The van der Waals surface area contributed by atoms with Gasteiger partial charge in [0.15, 0.2) is 4.93 Å². The van der Waals surface area contributed by atoms with Crippen LogP contribution in [-0.4, -0.2) is 4.93 Å². The Labute approximate surface area is 95.2 Å². The van der Waals surface area contributed by atoms with Crippen molar-refractivity contribution in [2.75, 3.05) is 0 Å². The van der Waals surface area contributed by atoms with Crippen LogP contribution in [0.5, 0.6) is 5.75 Å². The van der Waals surface area contributed by atoms with Crippen molar-refractivity contribution in [3.63, 3.8) is 0 Å². The second kappa shape index (κ2) is 3.16. The van der Waals surface area contributed by atoms with Crippen LogP contribution in [0.15, 0.2) is 23.1 Å². The van der Waals surface area contributed by atoms with Gasteiger partial charge in [-0.1, -0.05) is 23.9 Å². The van der Waals surface area contributed by atoms with Crippen molar-refractivity contribution in [3.8, 4) is 5.75 Å². The molecule has 2 nitrogen and oxygen atoms in total. The third-order valence-electron chi connectivity index (χ3n) is 2.38. The molecule has 82 valence electrons. The van der Waals surface area contributed by atoms with Crippen LogP contribution in [0.3, 0.4) is 0 Å².